The second-order valence-electron chi connectivity index (χ2n) is 7.64. The van der Waals surface area contributed by atoms with Crippen molar-refractivity contribution in [3.05, 3.63) is 23.8 Å². The van der Waals surface area contributed by atoms with Gasteiger partial charge in [0.25, 0.3) is 5.91 Å². The molecule has 0 saturated heterocycles. The van der Waals surface area contributed by atoms with Gasteiger partial charge >= 0.3 is 0 Å². The zero-order valence-corrected chi connectivity index (χ0v) is 15.4. The molecule has 0 fully saturated rings. The largest absolute Gasteiger partial charge is 0.493 e. The zero-order valence-electron chi connectivity index (χ0n) is 15.4. The Kier molecular flexibility index (Phi) is 6.45. The summed E-state index contributed by atoms with van der Waals surface area (Å²) in [5, 5.41) is 6.30. The molecule has 0 radical (unpaired) electrons. The van der Waals surface area contributed by atoms with Crippen LogP contribution in [-0.2, 0) is 11.3 Å². The predicted molar refractivity (Wildman–Crippen MR) is 93.0 cm³/mol. The minimum Gasteiger partial charge on any atom is -0.493 e. The summed E-state index contributed by atoms with van der Waals surface area (Å²) in [6.07, 6.45) is 0. The van der Waals surface area contributed by atoms with E-state index >= 15 is 0 Å². The molecule has 0 heterocycles. The van der Waals surface area contributed by atoms with Crippen molar-refractivity contribution in [3.8, 4) is 11.5 Å². The van der Waals surface area contributed by atoms with Crippen molar-refractivity contribution in [1.82, 2.24) is 10.6 Å². The Morgan fingerprint density at radius 2 is 1.74 bits per heavy atom. The molecule has 0 aromatic heterocycles. The molecule has 2 N–H and O–H groups in total. The highest BCUT2D eigenvalue weighted by molar-refractivity contribution is 5.78. The monoisotopic (exact) mass is 322 g/mol. The Balaban J connectivity index is 2.84. The molecule has 0 saturated carbocycles. The van der Waals surface area contributed by atoms with Gasteiger partial charge in [-0.25, -0.2) is 0 Å². The van der Waals surface area contributed by atoms with Gasteiger partial charge in [0.1, 0.15) is 0 Å². The fourth-order valence-corrected chi connectivity index (χ4v) is 1.98. The molecule has 1 amide bonds. The van der Waals surface area contributed by atoms with Crippen LogP contribution in [0.3, 0.4) is 0 Å². The second kappa shape index (κ2) is 7.68. The first kappa shape index (κ1) is 19.3. The van der Waals surface area contributed by atoms with Crippen molar-refractivity contribution < 1.29 is 14.3 Å². The zero-order chi connectivity index (χ0) is 17.7. The van der Waals surface area contributed by atoms with Crippen LogP contribution in [0.4, 0.5) is 0 Å². The van der Waals surface area contributed by atoms with E-state index in [0.29, 0.717) is 18.0 Å². The van der Waals surface area contributed by atoms with Crippen molar-refractivity contribution in [2.45, 2.75) is 59.2 Å². The maximum Gasteiger partial charge on any atom is 0.258 e. The summed E-state index contributed by atoms with van der Waals surface area (Å²) < 4.78 is 11.1. The summed E-state index contributed by atoms with van der Waals surface area (Å²) in [6.45, 7) is 12.7. The first-order valence-electron chi connectivity index (χ1n) is 7.86. The average Bonchev–Trinajstić information content (AvgIpc) is 2.40. The Morgan fingerprint density at radius 1 is 1.09 bits per heavy atom. The predicted octanol–water partition coefficient (Wildman–Crippen LogP) is 2.88. The molecule has 130 valence electrons. The van der Waals surface area contributed by atoms with Crippen LogP contribution in [0.5, 0.6) is 11.5 Å². The SMILES string of the molecule is COc1cccc(CNC(C)(C)C)c1OCC(=O)NC(C)(C)C. The molecule has 0 aliphatic heterocycles. The summed E-state index contributed by atoms with van der Waals surface area (Å²) in [4.78, 5) is 12.0. The molecular formula is C18H30N2O3. The summed E-state index contributed by atoms with van der Waals surface area (Å²) in [5.41, 5.74) is 0.671. The van der Waals surface area contributed by atoms with E-state index < -0.39 is 0 Å². The van der Waals surface area contributed by atoms with Gasteiger partial charge in [-0.1, -0.05) is 12.1 Å². The summed E-state index contributed by atoms with van der Waals surface area (Å²) in [6, 6.07) is 5.72. The van der Waals surface area contributed by atoms with Crippen LogP contribution in [0.2, 0.25) is 0 Å². The Labute approximate surface area is 139 Å². The number of nitrogens with one attached hydrogen (secondary N) is 2. The van der Waals surface area contributed by atoms with Gasteiger partial charge in [-0.3, -0.25) is 4.79 Å². The first-order valence-corrected chi connectivity index (χ1v) is 7.86. The van der Waals surface area contributed by atoms with E-state index in [9.17, 15) is 4.79 Å². The molecule has 0 unspecified atom stereocenters. The quantitative estimate of drug-likeness (QED) is 0.845. The van der Waals surface area contributed by atoms with E-state index in [1.807, 2.05) is 39.0 Å². The Hall–Kier alpha value is -1.75. The third-order valence-corrected chi connectivity index (χ3v) is 2.95. The lowest BCUT2D eigenvalue weighted by Crippen LogP contribution is -2.43. The van der Waals surface area contributed by atoms with Crippen molar-refractivity contribution in [1.29, 1.82) is 0 Å². The highest BCUT2D eigenvalue weighted by atomic mass is 16.5. The molecule has 1 rings (SSSR count). The number of rotatable bonds is 6. The fourth-order valence-electron chi connectivity index (χ4n) is 1.98. The van der Waals surface area contributed by atoms with Gasteiger partial charge < -0.3 is 20.1 Å². The van der Waals surface area contributed by atoms with Crippen LogP contribution >= 0.6 is 0 Å². The molecule has 23 heavy (non-hydrogen) atoms. The number of methoxy groups -OCH3 is 1. The van der Waals surface area contributed by atoms with E-state index in [-0.39, 0.29) is 23.6 Å². The van der Waals surface area contributed by atoms with Crippen LogP contribution in [0.1, 0.15) is 47.1 Å². The van der Waals surface area contributed by atoms with E-state index in [1.54, 1.807) is 7.11 Å². The van der Waals surface area contributed by atoms with Gasteiger partial charge in [0.2, 0.25) is 0 Å². The maximum absolute atomic E-state index is 12.0. The molecule has 0 atom stereocenters. The summed E-state index contributed by atoms with van der Waals surface area (Å²) >= 11 is 0. The summed E-state index contributed by atoms with van der Waals surface area (Å²) in [7, 11) is 1.60. The molecule has 0 aliphatic rings. The highest BCUT2D eigenvalue weighted by Gasteiger charge is 2.17. The molecular weight excluding hydrogens is 292 g/mol. The number of hydrogen-bond acceptors (Lipinski definition) is 4. The van der Waals surface area contributed by atoms with Crippen LogP contribution in [0.15, 0.2) is 18.2 Å². The number of hydrogen-bond donors (Lipinski definition) is 2. The molecule has 0 aliphatic carbocycles. The third-order valence-electron chi connectivity index (χ3n) is 2.95. The molecule has 5 nitrogen and oxygen atoms in total. The number of carbonyl (C=O) groups is 1. The fraction of sp³-hybridized carbons (Fsp3) is 0.611. The van der Waals surface area contributed by atoms with Crippen LogP contribution in [-0.4, -0.2) is 30.7 Å². The highest BCUT2D eigenvalue weighted by Crippen LogP contribution is 2.31. The molecule has 1 aromatic carbocycles. The topological polar surface area (TPSA) is 59.6 Å². The lowest BCUT2D eigenvalue weighted by molar-refractivity contribution is -0.124. The van der Waals surface area contributed by atoms with Gasteiger partial charge in [-0.2, -0.15) is 0 Å². The smallest absolute Gasteiger partial charge is 0.258 e. The molecule has 5 heteroatoms. The van der Waals surface area contributed by atoms with Gasteiger partial charge in [0.05, 0.1) is 7.11 Å². The van der Waals surface area contributed by atoms with Crippen LogP contribution in [0, 0.1) is 0 Å². The number of amides is 1. The molecule has 1 aromatic rings. The average molecular weight is 322 g/mol. The van der Waals surface area contributed by atoms with Crippen LogP contribution < -0.4 is 20.1 Å². The van der Waals surface area contributed by atoms with Crippen molar-refractivity contribution in [3.63, 3.8) is 0 Å². The van der Waals surface area contributed by atoms with E-state index in [2.05, 4.69) is 31.4 Å². The Bertz CT molecular complexity index is 528. The first-order chi connectivity index (χ1) is 10.5. The third kappa shape index (κ3) is 7.37. The van der Waals surface area contributed by atoms with Gasteiger partial charge in [0.15, 0.2) is 18.1 Å². The van der Waals surface area contributed by atoms with Gasteiger partial charge in [-0.15, -0.1) is 0 Å². The Morgan fingerprint density at radius 3 is 2.26 bits per heavy atom. The van der Waals surface area contributed by atoms with Gasteiger partial charge in [-0.05, 0) is 47.6 Å². The van der Waals surface area contributed by atoms with Crippen molar-refractivity contribution in [2.75, 3.05) is 13.7 Å². The van der Waals surface area contributed by atoms with Gasteiger partial charge in [0, 0.05) is 23.2 Å². The number of benzene rings is 1. The minimum absolute atomic E-state index is 0.00996. The number of ether oxygens (including phenoxy) is 2. The minimum atomic E-state index is -0.280. The molecule has 0 bridgehead atoms. The lowest BCUT2D eigenvalue weighted by atomic mass is 10.1. The number of para-hydroxylation sites is 1. The molecule has 0 spiro atoms. The summed E-state index contributed by atoms with van der Waals surface area (Å²) in [5.74, 6) is 1.08. The van der Waals surface area contributed by atoms with E-state index in [0.717, 1.165) is 5.56 Å². The maximum atomic E-state index is 12.0. The number of carbonyl (C=O) groups excluding carboxylic acids is 1. The lowest BCUT2D eigenvalue weighted by Gasteiger charge is -2.23. The normalized spacial score (nSPS) is 12.0. The van der Waals surface area contributed by atoms with Crippen molar-refractivity contribution >= 4 is 5.91 Å². The van der Waals surface area contributed by atoms with Crippen LogP contribution in [0.25, 0.3) is 0 Å². The van der Waals surface area contributed by atoms with Crippen molar-refractivity contribution in [2.24, 2.45) is 0 Å². The van der Waals surface area contributed by atoms with E-state index in [4.69, 9.17) is 9.47 Å². The van der Waals surface area contributed by atoms with E-state index in [1.165, 1.54) is 0 Å². The second-order valence-corrected chi connectivity index (χ2v) is 7.64. The standard InChI is InChI=1S/C18H30N2O3/c1-17(2,3)19-11-13-9-8-10-14(22-7)16(13)23-12-15(21)20-18(4,5)6/h8-10,19H,11-12H2,1-7H3,(H,20,21).